The van der Waals surface area contributed by atoms with Gasteiger partial charge >= 0.3 is 0 Å². The van der Waals surface area contributed by atoms with E-state index in [1.807, 2.05) is 0 Å². The largest absolute Gasteiger partial charge is 0.309 e. The van der Waals surface area contributed by atoms with Gasteiger partial charge in [0.1, 0.15) is 4.08 Å². The van der Waals surface area contributed by atoms with Gasteiger partial charge in [0.05, 0.1) is 11.0 Å². The Labute approximate surface area is 295 Å². The zero-order valence-electron chi connectivity index (χ0n) is 27.5. The number of rotatable bonds is 2. The summed E-state index contributed by atoms with van der Waals surface area (Å²) in [6.45, 7) is 4.79. The number of aromatic nitrogens is 1. The predicted octanol–water partition coefficient (Wildman–Crippen LogP) is 12.9. The standard InChI is InChI=1S/C46H33NS2/c1-45(2)35-17-9-6-15-32(35)43-37(45)22-23-38-44(43)33-16-7-10-18-36(33)46(38)48-41-25-21-29(27-42(41)49-46)28-20-24-40-34(26-28)31-14-8-11-19-39(31)47(40)30-12-4-3-5-13-30/h3-9,11-17,19-27H,10,18H2,1-2H3. The summed E-state index contributed by atoms with van der Waals surface area (Å²) >= 11 is 4.16. The topological polar surface area (TPSA) is 4.93 Å². The Morgan fingerprint density at radius 3 is 2.24 bits per heavy atom. The molecule has 6 aromatic carbocycles. The molecule has 0 saturated heterocycles. The summed E-state index contributed by atoms with van der Waals surface area (Å²) in [6.07, 6.45) is 7.06. The lowest BCUT2D eigenvalue weighted by molar-refractivity contribution is 0.660. The number of allylic oxidation sites excluding steroid dienone is 3. The zero-order chi connectivity index (χ0) is 32.5. The average molecular weight is 664 g/mol. The minimum absolute atomic E-state index is 0.00184. The van der Waals surface area contributed by atoms with E-state index in [0.29, 0.717) is 0 Å². The van der Waals surface area contributed by atoms with Crippen molar-refractivity contribution in [1.82, 2.24) is 4.57 Å². The van der Waals surface area contributed by atoms with Crippen LogP contribution in [0.3, 0.4) is 0 Å². The second-order valence-electron chi connectivity index (χ2n) is 14.3. The van der Waals surface area contributed by atoms with Crippen molar-refractivity contribution in [3.05, 3.63) is 167 Å². The highest BCUT2D eigenvalue weighted by molar-refractivity contribution is 8.20. The Balaban J connectivity index is 1.04. The molecule has 0 radical (unpaired) electrons. The quantitative estimate of drug-likeness (QED) is 0.181. The molecule has 2 heterocycles. The molecule has 3 heteroatoms. The maximum Gasteiger partial charge on any atom is 0.118 e. The molecule has 1 unspecified atom stereocenters. The summed E-state index contributed by atoms with van der Waals surface area (Å²) in [6, 6.07) is 47.8. The van der Waals surface area contributed by atoms with Gasteiger partial charge in [-0.2, -0.15) is 0 Å². The number of para-hydroxylation sites is 2. The van der Waals surface area contributed by atoms with Gasteiger partial charge < -0.3 is 4.57 Å². The molecule has 1 nitrogen and oxygen atoms in total. The predicted molar refractivity (Wildman–Crippen MR) is 209 cm³/mol. The van der Waals surface area contributed by atoms with Crippen molar-refractivity contribution in [3.8, 4) is 27.9 Å². The van der Waals surface area contributed by atoms with Crippen molar-refractivity contribution in [2.24, 2.45) is 0 Å². The van der Waals surface area contributed by atoms with E-state index < -0.39 is 0 Å². The summed E-state index contributed by atoms with van der Waals surface area (Å²) in [7, 11) is 0. The maximum atomic E-state index is 2.48. The molecule has 1 atom stereocenters. The van der Waals surface area contributed by atoms with Gasteiger partial charge in [0.2, 0.25) is 0 Å². The van der Waals surface area contributed by atoms with Crippen LogP contribution in [0.2, 0.25) is 0 Å². The molecule has 1 aliphatic heterocycles. The Morgan fingerprint density at radius 2 is 1.33 bits per heavy atom. The molecular weight excluding hydrogens is 631 g/mol. The molecule has 234 valence electrons. The van der Waals surface area contributed by atoms with Crippen molar-refractivity contribution in [3.63, 3.8) is 0 Å². The van der Waals surface area contributed by atoms with E-state index in [0.717, 1.165) is 12.8 Å². The summed E-state index contributed by atoms with van der Waals surface area (Å²) in [5.74, 6) is 0. The summed E-state index contributed by atoms with van der Waals surface area (Å²) in [5.41, 5.74) is 18.1. The van der Waals surface area contributed by atoms with Gasteiger partial charge in [0, 0.05) is 31.7 Å². The van der Waals surface area contributed by atoms with Crippen LogP contribution in [0.5, 0.6) is 0 Å². The van der Waals surface area contributed by atoms with Gasteiger partial charge in [-0.15, -0.1) is 0 Å². The van der Waals surface area contributed by atoms with Crippen molar-refractivity contribution in [1.29, 1.82) is 0 Å². The third kappa shape index (κ3) is 3.70. The van der Waals surface area contributed by atoms with Gasteiger partial charge in [-0.1, -0.05) is 134 Å². The Bertz CT molecular complexity index is 2640. The lowest BCUT2D eigenvalue weighted by Crippen LogP contribution is -2.17. The molecule has 0 fully saturated rings. The first kappa shape index (κ1) is 28.2. The molecule has 7 aromatic rings. The Kier molecular flexibility index (Phi) is 5.71. The molecule has 49 heavy (non-hydrogen) atoms. The van der Waals surface area contributed by atoms with Crippen molar-refractivity contribution in [2.75, 3.05) is 0 Å². The summed E-state index contributed by atoms with van der Waals surface area (Å²) < 4.78 is 2.27. The minimum Gasteiger partial charge on any atom is -0.309 e. The van der Waals surface area contributed by atoms with E-state index in [9.17, 15) is 0 Å². The normalized spacial score (nSPS) is 19.4. The van der Waals surface area contributed by atoms with Gasteiger partial charge in [-0.25, -0.2) is 0 Å². The van der Waals surface area contributed by atoms with Crippen LogP contribution in [0.1, 0.15) is 48.9 Å². The molecule has 1 aromatic heterocycles. The van der Waals surface area contributed by atoms with Crippen molar-refractivity contribution >= 4 is 50.9 Å². The molecule has 0 saturated carbocycles. The van der Waals surface area contributed by atoms with E-state index in [-0.39, 0.29) is 9.49 Å². The number of nitrogens with zero attached hydrogens (tertiary/aromatic N) is 1. The lowest BCUT2D eigenvalue weighted by Gasteiger charge is -2.28. The molecule has 0 amide bonds. The van der Waals surface area contributed by atoms with Crippen LogP contribution in [0.4, 0.5) is 0 Å². The van der Waals surface area contributed by atoms with Crippen LogP contribution in [-0.2, 0) is 9.49 Å². The van der Waals surface area contributed by atoms with Crippen LogP contribution in [-0.4, -0.2) is 4.57 Å². The molecule has 1 spiro atoms. The summed E-state index contributed by atoms with van der Waals surface area (Å²) in [5, 5.41) is 2.58. The minimum atomic E-state index is -0.125. The average Bonchev–Trinajstić information content (AvgIpc) is 3.84. The van der Waals surface area contributed by atoms with E-state index in [2.05, 4.69) is 181 Å². The van der Waals surface area contributed by atoms with E-state index in [1.165, 1.54) is 87.4 Å². The number of hydrogen-bond acceptors (Lipinski definition) is 2. The molecule has 3 aliphatic carbocycles. The molecular formula is C46H33NS2. The number of benzene rings is 6. The highest BCUT2D eigenvalue weighted by Crippen LogP contribution is 2.72. The van der Waals surface area contributed by atoms with Crippen LogP contribution < -0.4 is 0 Å². The fourth-order valence-corrected chi connectivity index (χ4v) is 12.6. The van der Waals surface area contributed by atoms with Crippen LogP contribution >= 0.6 is 23.5 Å². The maximum absolute atomic E-state index is 2.48. The monoisotopic (exact) mass is 663 g/mol. The fraction of sp³-hybridized carbons (Fsp3) is 0.130. The fourth-order valence-electron chi connectivity index (χ4n) is 9.17. The van der Waals surface area contributed by atoms with E-state index in [4.69, 9.17) is 0 Å². The number of thioether (sulfide) groups is 2. The van der Waals surface area contributed by atoms with Crippen LogP contribution in [0.25, 0.3) is 55.3 Å². The second kappa shape index (κ2) is 9.94. The molecule has 4 aliphatic rings. The molecule has 0 bridgehead atoms. The lowest BCUT2D eigenvalue weighted by atomic mass is 9.81. The van der Waals surface area contributed by atoms with E-state index in [1.54, 1.807) is 5.57 Å². The smallest absolute Gasteiger partial charge is 0.118 e. The van der Waals surface area contributed by atoms with Crippen molar-refractivity contribution in [2.45, 2.75) is 46.0 Å². The number of fused-ring (bicyclic) bond motifs is 12. The SMILES string of the molecule is CC1(C)c2ccccc2-c2c1ccc1c2C2=C(CCC=C2)C12Sc1ccc(-c3ccc4c(c3)c3ccccc3n4-c3ccccc3)cc1S2. The van der Waals surface area contributed by atoms with Gasteiger partial charge in [-0.3, -0.25) is 0 Å². The first-order chi connectivity index (χ1) is 24.0. The Hall–Kier alpha value is -4.70. The first-order valence-corrected chi connectivity index (χ1v) is 19.0. The van der Waals surface area contributed by atoms with Gasteiger partial charge in [-0.05, 0) is 111 Å². The first-order valence-electron chi connectivity index (χ1n) is 17.3. The third-order valence-electron chi connectivity index (χ3n) is 11.4. The molecule has 11 rings (SSSR count). The van der Waals surface area contributed by atoms with Crippen molar-refractivity contribution < 1.29 is 0 Å². The third-order valence-corrected chi connectivity index (χ3v) is 14.7. The van der Waals surface area contributed by atoms with Gasteiger partial charge in [0.25, 0.3) is 0 Å². The molecule has 0 N–H and O–H groups in total. The number of hydrogen-bond donors (Lipinski definition) is 0. The van der Waals surface area contributed by atoms with Crippen LogP contribution in [0.15, 0.2) is 155 Å². The van der Waals surface area contributed by atoms with Gasteiger partial charge in [0.15, 0.2) is 0 Å². The Morgan fingerprint density at radius 1 is 0.592 bits per heavy atom. The van der Waals surface area contributed by atoms with E-state index >= 15 is 0 Å². The highest BCUT2D eigenvalue weighted by Gasteiger charge is 2.52. The summed E-state index contributed by atoms with van der Waals surface area (Å²) in [4.78, 5) is 2.79. The second-order valence-corrected chi connectivity index (χ2v) is 17.1. The zero-order valence-corrected chi connectivity index (χ0v) is 29.1. The highest BCUT2D eigenvalue weighted by atomic mass is 32.2. The van der Waals surface area contributed by atoms with Crippen LogP contribution in [0, 0.1) is 0 Å².